The molecule has 0 saturated carbocycles. The molecular formula is C20H21BrN2O4S. The van der Waals surface area contributed by atoms with Gasteiger partial charge in [-0.25, -0.2) is 0 Å². The molecule has 0 radical (unpaired) electrons. The summed E-state index contributed by atoms with van der Waals surface area (Å²) in [7, 11) is 3.10. The quantitative estimate of drug-likeness (QED) is 0.635. The second-order valence-corrected chi connectivity index (χ2v) is 8.65. The molecule has 0 atom stereocenters. The smallest absolute Gasteiger partial charge is 0.257 e. The van der Waals surface area contributed by atoms with E-state index in [1.165, 1.54) is 7.11 Å². The molecule has 1 aliphatic rings. The van der Waals surface area contributed by atoms with Crippen LogP contribution in [0.5, 0.6) is 11.5 Å². The van der Waals surface area contributed by atoms with Crippen molar-refractivity contribution in [2.45, 2.75) is 0 Å². The fourth-order valence-electron chi connectivity index (χ4n) is 2.95. The van der Waals surface area contributed by atoms with Crippen molar-refractivity contribution in [2.75, 3.05) is 40.4 Å². The molecule has 2 heterocycles. The Balaban J connectivity index is 1.59. The molecule has 1 aromatic carbocycles. The number of rotatable bonds is 5. The standard InChI is InChI=1S/C20H21BrN2O4S/c1-26-14-3-6-16(17(13-14)27-2)20(25)23-11-9-22(10-12-23)19(24)8-5-15-4-7-18(21)28-15/h3-8,13H,9-12H2,1-2H3/b8-5+. The van der Waals surface area contributed by atoms with Gasteiger partial charge in [0.25, 0.3) is 5.91 Å². The molecule has 0 unspecified atom stereocenters. The Kier molecular flexibility index (Phi) is 6.74. The minimum Gasteiger partial charge on any atom is -0.497 e. The van der Waals surface area contributed by atoms with Crippen LogP contribution in [0.3, 0.4) is 0 Å². The molecule has 2 aromatic rings. The van der Waals surface area contributed by atoms with Gasteiger partial charge < -0.3 is 19.3 Å². The van der Waals surface area contributed by atoms with E-state index in [1.807, 2.05) is 18.2 Å². The summed E-state index contributed by atoms with van der Waals surface area (Å²) in [5.74, 6) is 0.963. The first-order chi connectivity index (χ1) is 13.5. The lowest BCUT2D eigenvalue weighted by Gasteiger charge is -2.34. The van der Waals surface area contributed by atoms with Gasteiger partial charge in [-0.3, -0.25) is 9.59 Å². The number of carbonyl (C=O) groups is 2. The van der Waals surface area contributed by atoms with Gasteiger partial charge in [-0.1, -0.05) is 0 Å². The number of halogens is 1. The molecule has 8 heteroatoms. The first-order valence-electron chi connectivity index (χ1n) is 8.75. The Morgan fingerprint density at radius 2 is 1.75 bits per heavy atom. The van der Waals surface area contributed by atoms with Crippen molar-refractivity contribution < 1.29 is 19.1 Å². The average molecular weight is 465 g/mol. The SMILES string of the molecule is COc1ccc(C(=O)N2CCN(C(=O)/C=C/c3ccc(Br)s3)CC2)c(OC)c1. The summed E-state index contributed by atoms with van der Waals surface area (Å²) in [6.07, 6.45) is 3.40. The Labute approximate surface area is 176 Å². The maximum Gasteiger partial charge on any atom is 0.257 e. The maximum atomic E-state index is 12.9. The van der Waals surface area contributed by atoms with Crippen molar-refractivity contribution in [3.05, 3.63) is 50.6 Å². The van der Waals surface area contributed by atoms with Crippen molar-refractivity contribution in [1.82, 2.24) is 9.80 Å². The number of carbonyl (C=O) groups excluding carboxylic acids is 2. The van der Waals surface area contributed by atoms with Gasteiger partial charge in [-0.2, -0.15) is 0 Å². The zero-order valence-electron chi connectivity index (χ0n) is 15.7. The number of hydrogen-bond donors (Lipinski definition) is 0. The molecule has 0 aliphatic carbocycles. The van der Waals surface area contributed by atoms with Crippen molar-refractivity contribution in [2.24, 2.45) is 0 Å². The van der Waals surface area contributed by atoms with E-state index >= 15 is 0 Å². The van der Waals surface area contributed by atoms with Gasteiger partial charge in [0, 0.05) is 43.2 Å². The maximum absolute atomic E-state index is 12.9. The lowest BCUT2D eigenvalue weighted by atomic mass is 10.1. The first-order valence-corrected chi connectivity index (χ1v) is 10.4. The summed E-state index contributed by atoms with van der Waals surface area (Å²) in [6, 6.07) is 9.05. The molecule has 1 aromatic heterocycles. The highest BCUT2D eigenvalue weighted by Crippen LogP contribution is 2.26. The molecule has 148 valence electrons. The zero-order valence-corrected chi connectivity index (χ0v) is 18.1. The van der Waals surface area contributed by atoms with E-state index in [0.29, 0.717) is 43.2 Å². The van der Waals surface area contributed by atoms with Crippen molar-refractivity contribution in [1.29, 1.82) is 0 Å². The Bertz CT molecular complexity index is 888. The summed E-state index contributed by atoms with van der Waals surface area (Å²) in [5, 5.41) is 0. The number of thiophene rings is 1. The second-order valence-electron chi connectivity index (χ2n) is 6.16. The van der Waals surface area contributed by atoms with E-state index < -0.39 is 0 Å². The van der Waals surface area contributed by atoms with Crippen LogP contribution < -0.4 is 9.47 Å². The van der Waals surface area contributed by atoms with Gasteiger partial charge >= 0.3 is 0 Å². The Hall–Kier alpha value is -2.32. The molecule has 1 fully saturated rings. The predicted octanol–water partition coefficient (Wildman–Crippen LogP) is 3.53. The van der Waals surface area contributed by atoms with Gasteiger partial charge in [0.05, 0.1) is 23.6 Å². The van der Waals surface area contributed by atoms with Crippen LogP contribution in [-0.2, 0) is 4.79 Å². The van der Waals surface area contributed by atoms with Crippen LogP contribution in [0.2, 0.25) is 0 Å². The summed E-state index contributed by atoms with van der Waals surface area (Å²) >= 11 is 4.98. The fourth-order valence-corrected chi connectivity index (χ4v) is 4.28. The summed E-state index contributed by atoms with van der Waals surface area (Å²) < 4.78 is 11.5. The molecule has 28 heavy (non-hydrogen) atoms. The minimum atomic E-state index is -0.106. The van der Waals surface area contributed by atoms with Gasteiger partial charge in [0.2, 0.25) is 5.91 Å². The predicted molar refractivity (Wildman–Crippen MR) is 113 cm³/mol. The van der Waals surface area contributed by atoms with Crippen LogP contribution in [0.1, 0.15) is 15.2 Å². The fraction of sp³-hybridized carbons (Fsp3) is 0.300. The Morgan fingerprint density at radius 3 is 2.36 bits per heavy atom. The van der Waals surface area contributed by atoms with E-state index in [9.17, 15) is 9.59 Å². The molecule has 2 amide bonds. The summed E-state index contributed by atoms with van der Waals surface area (Å²) in [6.45, 7) is 1.97. The highest BCUT2D eigenvalue weighted by atomic mass is 79.9. The molecule has 0 spiro atoms. The average Bonchev–Trinajstić information content (AvgIpc) is 3.16. The van der Waals surface area contributed by atoms with Crippen molar-refractivity contribution in [3.63, 3.8) is 0 Å². The molecular weight excluding hydrogens is 444 g/mol. The lowest BCUT2D eigenvalue weighted by molar-refractivity contribution is -0.127. The van der Waals surface area contributed by atoms with Gasteiger partial charge in [0.15, 0.2) is 0 Å². The molecule has 1 saturated heterocycles. The van der Waals surface area contributed by atoms with Crippen LogP contribution >= 0.6 is 27.3 Å². The van der Waals surface area contributed by atoms with E-state index in [0.717, 1.165) is 8.66 Å². The number of nitrogens with zero attached hydrogens (tertiary/aromatic N) is 2. The highest BCUT2D eigenvalue weighted by Gasteiger charge is 2.26. The van der Waals surface area contributed by atoms with E-state index in [1.54, 1.807) is 52.5 Å². The lowest BCUT2D eigenvalue weighted by Crippen LogP contribution is -2.50. The number of piperazine rings is 1. The third kappa shape index (κ3) is 4.74. The summed E-state index contributed by atoms with van der Waals surface area (Å²) in [4.78, 5) is 29.8. The largest absolute Gasteiger partial charge is 0.497 e. The monoisotopic (exact) mass is 464 g/mol. The number of methoxy groups -OCH3 is 2. The first kappa shape index (κ1) is 20.4. The van der Waals surface area contributed by atoms with Crippen LogP contribution in [0.15, 0.2) is 40.2 Å². The molecule has 0 N–H and O–H groups in total. The van der Waals surface area contributed by atoms with E-state index in [2.05, 4.69) is 15.9 Å². The van der Waals surface area contributed by atoms with Crippen LogP contribution in [0.25, 0.3) is 6.08 Å². The zero-order chi connectivity index (χ0) is 20.1. The van der Waals surface area contributed by atoms with Crippen LogP contribution in [-0.4, -0.2) is 62.0 Å². The number of hydrogen-bond acceptors (Lipinski definition) is 5. The molecule has 1 aliphatic heterocycles. The topological polar surface area (TPSA) is 59.1 Å². The van der Waals surface area contributed by atoms with E-state index in [-0.39, 0.29) is 11.8 Å². The van der Waals surface area contributed by atoms with Gasteiger partial charge in [-0.15, -0.1) is 11.3 Å². The van der Waals surface area contributed by atoms with Crippen molar-refractivity contribution >= 4 is 45.2 Å². The van der Waals surface area contributed by atoms with E-state index in [4.69, 9.17) is 9.47 Å². The Morgan fingerprint density at radius 1 is 1.04 bits per heavy atom. The van der Waals surface area contributed by atoms with Crippen LogP contribution in [0.4, 0.5) is 0 Å². The number of amides is 2. The minimum absolute atomic E-state index is 0.0429. The molecule has 6 nitrogen and oxygen atoms in total. The number of ether oxygens (including phenoxy) is 2. The highest BCUT2D eigenvalue weighted by molar-refractivity contribution is 9.11. The van der Waals surface area contributed by atoms with Crippen molar-refractivity contribution in [3.8, 4) is 11.5 Å². The van der Waals surface area contributed by atoms with Gasteiger partial charge in [-0.05, 0) is 46.3 Å². The third-order valence-corrected chi connectivity index (χ3v) is 6.09. The van der Waals surface area contributed by atoms with Crippen LogP contribution in [0, 0.1) is 0 Å². The third-order valence-electron chi connectivity index (χ3n) is 4.50. The second kappa shape index (κ2) is 9.25. The molecule has 0 bridgehead atoms. The molecule has 3 rings (SSSR count). The normalized spacial score (nSPS) is 14.4. The van der Waals surface area contributed by atoms with Gasteiger partial charge in [0.1, 0.15) is 11.5 Å². The number of benzene rings is 1. The summed E-state index contributed by atoms with van der Waals surface area (Å²) in [5.41, 5.74) is 0.492.